The number of aryl methyl sites for hydroxylation is 3. The van der Waals surface area contributed by atoms with Gasteiger partial charge in [-0.1, -0.05) is 24.3 Å². The summed E-state index contributed by atoms with van der Waals surface area (Å²) >= 11 is 0. The molecular formula is C28H25F3N2O4. The zero-order valence-corrected chi connectivity index (χ0v) is 20.2. The minimum Gasteiger partial charge on any atom is -0.505 e. The molecule has 0 spiro atoms. The number of rotatable bonds is 7. The number of para-hydroxylation sites is 1. The topological polar surface area (TPSA) is 89.9 Å². The van der Waals surface area contributed by atoms with Crippen molar-refractivity contribution in [2.24, 2.45) is 0 Å². The van der Waals surface area contributed by atoms with Gasteiger partial charge >= 0.3 is 12.1 Å². The highest BCUT2D eigenvalue weighted by Gasteiger charge is 2.38. The van der Waals surface area contributed by atoms with E-state index in [0.29, 0.717) is 29.7 Å². The Morgan fingerprint density at radius 1 is 1.05 bits per heavy atom. The van der Waals surface area contributed by atoms with Crippen molar-refractivity contribution < 1.29 is 33.0 Å². The monoisotopic (exact) mass is 510 g/mol. The summed E-state index contributed by atoms with van der Waals surface area (Å²) in [5.41, 5.74) is 2.70. The predicted molar refractivity (Wildman–Crippen MR) is 135 cm³/mol. The molecule has 0 aliphatic carbocycles. The largest absolute Gasteiger partial charge is 0.505 e. The maximum absolute atomic E-state index is 13.5. The van der Waals surface area contributed by atoms with E-state index in [9.17, 15) is 27.9 Å². The Bertz CT molecular complexity index is 1390. The zero-order chi connectivity index (χ0) is 26.9. The van der Waals surface area contributed by atoms with Crippen LogP contribution in [0.5, 0.6) is 5.75 Å². The summed E-state index contributed by atoms with van der Waals surface area (Å²) in [7, 11) is 0. The molecule has 6 nitrogen and oxygen atoms in total. The van der Waals surface area contributed by atoms with Crippen LogP contribution in [0.15, 0.2) is 60.8 Å². The number of carboxylic acids is 1. The molecule has 0 aromatic heterocycles. The van der Waals surface area contributed by atoms with Gasteiger partial charge in [0.2, 0.25) is 0 Å². The highest BCUT2D eigenvalue weighted by atomic mass is 19.4. The molecule has 3 aromatic rings. The Morgan fingerprint density at radius 3 is 2.41 bits per heavy atom. The molecule has 3 aromatic carbocycles. The first kappa shape index (κ1) is 25.8. The lowest BCUT2D eigenvalue weighted by molar-refractivity contribution is -0.138. The number of anilines is 3. The van der Waals surface area contributed by atoms with E-state index in [1.807, 2.05) is 19.9 Å². The van der Waals surface area contributed by atoms with Crippen LogP contribution < -0.4 is 10.2 Å². The van der Waals surface area contributed by atoms with E-state index in [0.717, 1.165) is 23.3 Å². The average Bonchev–Trinajstić information content (AvgIpc) is 3.08. The molecule has 0 saturated carbocycles. The molecule has 37 heavy (non-hydrogen) atoms. The van der Waals surface area contributed by atoms with Crippen LogP contribution in [0.1, 0.15) is 40.7 Å². The fourth-order valence-corrected chi connectivity index (χ4v) is 4.43. The number of halogens is 3. The van der Waals surface area contributed by atoms with Crippen molar-refractivity contribution in [2.75, 3.05) is 10.2 Å². The number of benzene rings is 3. The van der Waals surface area contributed by atoms with Gasteiger partial charge in [-0.2, -0.15) is 13.2 Å². The Morgan fingerprint density at radius 2 is 1.76 bits per heavy atom. The average molecular weight is 511 g/mol. The van der Waals surface area contributed by atoms with Crippen molar-refractivity contribution in [3.8, 4) is 5.75 Å². The number of hydrogen-bond donors (Lipinski definition) is 3. The van der Waals surface area contributed by atoms with Gasteiger partial charge in [-0.05, 0) is 73.7 Å². The van der Waals surface area contributed by atoms with Gasteiger partial charge in [0, 0.05) is 23.9 Å². The molecule has 0 unspecified atom stereocenters. The zero-order valence-electron chi connectivity index (χ0n) is 20.2. The first-order chi connectivity index (χ1) is 17.5. The van der Waals surface area contributed by atoms with Gasteiger partial charge in [0.05, 0.1) is 22.5 Å². The van der Waals surface area contributed by atoms with Crippen molar-refractivity contribution >= 4 is 34.5 Å². The van der Waals surface area contributed by atoms with Gasteiger partial charge in [0.25, 0.3) is 5.91 Å². The second-order valence-electron chi connectivity index (χ2n) is 8.98. The molecule has 0 fully saturated rings. The number of phenolic OH excluding ortho intramolecular Hbond substituents is 1. The molecule has 1 aliphatic rings. The molecule has 0 saturated heterocycles. The minimum absolute atomic E-state index is 0.0411. The molecular weight excluding hydrogens is 485 g/mol. The molecule has 0 bridgehead atoms. The first-order valence-electron chi connectivity index (χ1n) is 11.6. The Hall–Kier alpha value is -4.27. The number of hydrogen-bond acceptors (Lipinski definition) is 4. The Labute approximate surface area is 211 Å². The van der Waals surface area contributed by atoms with Gasteiger partial charge in [0.15, 0.2) is 0 Å². The molecule has 192 valence electrons. The van der Waals surface area contributed by atoms with E-state index in [-0.39, 0.29) is 29.1 Å². The fourth-order valence-electron chi connectivity index (χ4n) is 4.43. The second kappa shape index (κ2) is 10.0. The van der Waals surface area contributed by atoms with Gasteiger partial charge in [0.1, 0.15) is 5.75 Å². The minimum atomic E-state index is -4.58. The van der Waals surface area contributed by atoms with E-state index in [1.54, 1.807) is 30.3 Å². The lowest BCUT2D eigenvalue weighted by Crippen LogP contribution is -2.21. The normalized spacial score (nSPS) is 14.2. The highest BCUT2D eigenvalue weighted by Crippen LogP contribution is 2.45. The van der Waals surface area contributed by atoms with Crippen molar-refractivity contribution in [3.63, 3.8) is 0 Å². The molecule has 4 rings (SSSR count). The van der Waals surface area contributed by atoms with Crippen LogP contribution in [0.25, 0.3) is 5.57 Å². The van der Waals surface area contributed by atoms with Crippen LogP contribution in [0.3, 0.4) is 0 Å². The van der Waals surface area contributed by atoms with Crippen molar-refractivity contribution in [3.05, 3.63) is 88.6 Å². The molecule has 1 aliphatic heterocycles. The highest BCUT2D eigenvalue weighted by molar-refractivity contribution is 6.35. The van der Waals surface area contributed by atoms with Crippen LogP contribution in [0, 0.1) is 13.8 Å². The molecule has 3 N–H and O–H groups in total. The number of phenols is 1. The quantitative estimate of drug-likeness (QED) is 0.247. The van der Waals surface area contributed by atoms with Crippen molar-refractivity contribution in [1.29, 1.82) is 0 Å². The number of carbonyl (C=O) groups is 2. The van der Waals surface area contributed by atoms with Crippen LogP contribution >= 0.6 is 0 Å². The molecule has 9 heteroatoms. The summed E-state index contributed by atoms with van der Waals surface area (Å²) in [5.74, 6) is -1.53. The Kier molecular flexibility index (Phi) is 6.98. The number of aromatic hydroxyl groups is 1. The third kappa shape index (κ3) is 5.45. The number of nitrogens with zero attached hydrogens (tertiary/aromatic N) is 1. The SMILES string of the molecule is Cc1cc(C)cc(N2C(=O)/C(=C\Nc3cccc(CCCC(=O)O)c3O)c3ccc(C(F)(F)F)cc32)c1. The second-order valence-corrected chi connectivity index (χ2v) is 8.98. The summed E-state index contributed by atoms with van der Waals surface area (Å²) in [6, 6.07) is 13.5. The van der Waals surface area contributed by atoms with E-state index in [2.05, 4.69) is 5.32 Å². The van der Waals surface area contributed by atoms with Gasteiger partial charge in [-0.15, -0.1) is 0 Å². The smallest absolute Gasteiger partial charge is 0.416 e. The predicted octanol–water partition coefficient (Wildman–Crippen LogP) is 6.57. The van der Waals surface area contributed by atoms with Crippen molar-refractivity contribution in [2.45, 2.75) is 39.3 Å². The fraction of sp³-hybridized carbons (Fsp3) is 0.214. The van der Waals surface area contributed by atoms with E-state index >= 15 is 0 Å². The number of carboxylic acid groups (broad SMARTS) is 1. The molecule has 0 radical (unpaired) electrons. The summed E-state index contributed by atoms with van der Waals surface area (Å²) in [4.78, 5) is 25.6. The number of aliphatic carboxylic acids is 1. The number of nitrogens with one attached hydrogen (secondary N) is 1. The summed E-state index contributed by atoms with van der Waals surface area (Å²) < 4.78 is 40.5. The number of amides is 1. The van der Waals surface area contributed by atoms with Gasteiger partial charge < -0.3 is 15.5 Å². The summed E-state index contributed by atoms with van der Waals surface area (Å²) in [6.07, 6.45) is -2.57. The van der Waals surface area contributed by atoms with E-state index in [4.69, 9.17) is 5.11 Å². The van der Waals surface area contributed by atoms with E-state index < -0.39 is 23.6 Å². The van der Waals surface area contributed by atoms with Crippen LogP contribution in [0.4, 0.5) is 30.2 Å². The number of alkyl halides is 3. The van der Waals surface area contributed by atoms with Crippen LogP contribution in [0.2, 0.25) is 0 Å². The standard InChI is InChI=1S/C28H25F3N2O4/c1-16-11-17(2)13-20(12-16)33-24-14-19(28(29,30)31)9-10-21(24)22(27(33)37)15-32-23-7-3-5-18(26(23)36)6-4-8-25(34)35/h3,5,7,9-15,32,36H,4,6,8H2,1-2H3,(H,34,35)/b22-15-. The first-order valence-corrected chi connectivity index (χ1v) is 11.6. The third-order valence-corrected chi connectivity index (χ3v) is 6.08. The summed E-state index contributed by atoms with van der Waals surface area (Å²) in [6.45, 7) is 3.68. The van der Waals surface area contributed by atoms with Crippen LogP contribution in [-0.2, 0) is 22.2 Å². The number of carbonyl (C=O) groups excluding carboxylic acids is 1. The molecule has 1 heterocycles. The number of fused-ring (bicyclic) bond motifs is 1. The van der Waals surface area contributed by atoms with E-state index in [1.165, 1.54) is 17.2 Å². The summed E-state index contributed by atoms with van der Waals surface area (Å²) in [5, 5.41) is 22.4. The van der Waals surface area contributed by atoms with Gasteiger partial charge in [-0.25, -0.2) is 0 Å². The van der Waals surface area contributed by atoms with Crippen molar-refractivity contribution in [1.82, 2.24) is 0 Å². The maximum atomic E-state index is 13.5. The maximum Gasteiger partial charge on any atom is 0.416 e. The third-order valence-electron chi connectivity index (χ3n) is 6.08. The Balaban J connectivity index is 1.73. The lowest BCUT2D eigenvalue weighted by Gasteiger charge is -2.19. The lowest BCUT2D eigenvalue weighted by atomic mass is 10.0. The van der Waals surface area contributed by atoms with Crippen LogP contribution in [-0.4, -0.2) is 22.1 Å². The van der Waals surface area contributed by atoms with Gasteiger partial charge in [-0.3, -0.25) is 14.5 Å². The molecule has 1 amide bonds. The molecule has 0 atom stereocenters.